The van der Waals surface area contributed by atoms with Gasteiger partial charge in [0.1, 0.15) is 41.9 Å². The first-order chi connectivity index (χ1) is 17.4. The van der Waals surface area contributed by atoms with Crippen LogP contribution in [0.15, 0.2) is 48.9 Å². The maximum Gasteiger partial charge on any atom is 0.433 e. The van der Waals surface area contributed by atoms with Crippen molar-refractivity contribution in [2.45, 2.75) is 51.2 Å². The van der Waals surface area contributed by atoms with Gasteiger partial charge < -0.3 is 29.6 Å². The predicted molar refractivity (Wildman–Crippen MR) is 128 cm³/mol. The van der Waals surface area contributed by atoms with Crippen LogP contribution in [0.4, 0.5) is 19.0 Å². The number of alkyl halides is 3. The van der Waals surface area contributed by atoms with E-state index in [0.29, 0.717) is 28.0 Å². The van der Waals surface area contributed by atoms with E-state index in [1.165, 1.54) is 32.3 Å². The fraction of sp³-hybridized carbons (Fsp3) is 0.400. The summed E-state index contributed by atoms with van der Waals surface area (Å²) >= 11 is 0. The second-order valence-corrected chi connectivity index (χ2v) is 9.53. The Balaban J connectivity index is 1.39. The van der Waals surface area contributed by atoms with E-state index in [9.17, 15) is 18.3 Å². The highest BCUT2D eigenvalue weighted by atomic mass is 19.4. The van der Waals surface area contributed by atoms with Gasteiger partial charge in [-0.2, -0.15) is 13.2 Å². The maximum atomic E-state index is 13.1. The summed E-state index contributed by atoms with van der Waals surface area (Å²) in [5, 5.41) is 11.6. The first-order valence-corrected chi connectivity index (χ1v) is 11.6. The molecule has 1 aliphatic rings. The Labute approximate surface area is 210 Å². The molecule has 9 nitrogen and oxygen atoms in total. The number of nitrogens with two attached hydrogens (primary N) is 1. The molecule has 196 valence electrons. The van der Waals surface area contributed by atoms with Crippen LogP contribution in [0.5, 0.6) is 5.75 Å². The van der Waals surface area contributed by atoms with Gasteiger partial charge in [-0.3, -0.25) is 0 Å². The zero-order valence-corrected chi connectivity index (χ0v) is 20.3. The SMILES string of the molecule is C[C@H]1[C@@H](OC(C)(C)O)[C@H](n2ccc3c(N)ncnc32)O[C@@H]1COc1ccc2ccc(C(F)(F)F)nc2c1. The number of fused-ring (bicyclic) bond motifs is 2. The molecule has 12 heteroatoms. The molecule has 3 N–H and O–H groups in total. The highest BCUT2D eigenvalue weighted by Crippen LogP contribution is 2.40. The molecule has 37 heavy (non-hydrogen) atoms. The lowest BCUT2D eigenvalue weighted by atomic mass is 10.00. The van der Waals surface area contributed by atoms with Crippen LogP contribution in [-0.2, 0) is 15.7 Å². The van der Waals surface area contributed by atoms with Crippen molar-refractivity contribution in [3.8, 4) is 5.75 Å². The van der Waals surface area contributed by atoms with Gasteiger partial charge in [0, 0.05) is 23.6 Å². The van der Waals surface area contributed by atoms with Crippen molar-refractivity contribution < 1.29 is 32.5 Å². The van der Waals surface area contributed by atoms with E-state index in [2.05, 4.69) is 15.0 Å². The summed E-state index contributed by atoms with van der Waals surface area (Å²) in [6.07, 6.45) is -3.12. The Kier molecular flexibility index (Phi) is 6.21. The second-order valence-electron chi connectivity index (χ2n) is 9.53. The van der Waals surface area contributed by atoms with Crippen molar-refractivity contribution >= 4 is 27.8 Å². The molecule has 4 heterocycles. The molecule has 0 aliphatic carbocycles. The van der Waals surface area contributed by atoms with E-state index in [1.807, 2.05) is 6.92 Å². The Hall–Kier alpha value is -3.48. The van der Waals surface area contributed by atoms with E-state index >= 15 is 0 Å². The predicted octanol–water partition coefficient (Wildman–Crippen LogP) is 4.31. The molecule has 1 aromatic carbocycles. The largest absolute Gasteiger partial charge is 0.491 e. The molecule has 5 rings (SSSR count). The summed E-state index contributed by atoms with van der Waals surface area (Å²) < 4.78 is 59.3. The Morgan fingerprint density at radius 2 is 1.89 bits per heavy atom. The van der Waals surface area contributed by atoms with Crippen LogP contribution in [0.3, 0.4) is 0 Å². The lowest BCUT2D eigenvalue weighted by molar-refractivity contribution is -0.227. The molecular formula is C25H26F3N5O4. The molecule has 1 fully saturated rings. The van der Waals surface area contributed by atoms with Crippen LogP contribution in [0.25, 0.3) is 21.9 Å². The van der Waals surface area contributed by atoms with E-state index in [1.54, 1.807) is 29.0 Å². The monoisotopic (exact) mass is 517 g/mol. The number of halogens is 3. The Morgan fingerprint density at radius 1 is 1.14 bits per heavy atom. The van der Waals surface area contributed by atoms with Crippen LogP contribution >= 0.6 is 0 Å². The first-order valence-electron chi connectivity index (χ1n) is 11.6. The third-order valence-electron chi connectivity index (χ3n) is 6.31. The van der Waals surface area contributed by atoms with E-state index < -0.39 is 36.1 Å². The smallest absolute Gasteiger partial charge is 0.433 e. The Bertz CT molecular complexity index is 1440. The third kappa shape index (κ3) is 5.04. The number of nitrogens with zero attached hydrogens (tertiary/aromatic N) is 4. The fourth-order valence-electron chi connectivity index (χ4n) is 4.48. The molecule has 0 unspecified atom stereocenters. The molecule has 1 aliphatic heterocycles. The van der Waals surface area contributed by atoms with Gasteiger partial charge in [0.25, 0.3) is 0 Å². The van der Waals surface area contributed by atoms with Gasteiger partial charge in [0.15, 0.2) is 12.0 Å². The van der Waals surface area contributed by atoms with Crippen LogP contribution in [0.2, 0.25) is 0 Å². The topological polar surface area (TPSA) is 118 Å². The summed E-state index contributed by atoms with van der Waals surface area (Å²) in [6.45, 7) is 5.07. The Morgan fingerprint density at radius 3 is 2.62 bits per heavy atom. The van der Waals surface area contributed by atoms with Crippen LogP contribution in [0.1, 0.15) is 32.7 Å². The number of benzene rings is 1. The van der Waals surface area contributed by atoms with Crippen molar-refractivity contribution in [2.24, 2.45) is 5.92 Å². The number of anilines is 1. The quantitative estimate of drug-likeness (QED) is 0.364. The molecule has 0 saturated carbocycles. The normalized spacial score (nSPS) is 22.7. The van der Waals surface area contributed by atoms with Gasteiger partial charge in [-0.05, 0) is 38.1 Å². The molecule has 0 amide bonds. The summed E-state index contributed by atoms with van der Waals surface area (Å²) in [4.78, 5) is 12.1. The molecule has 1 saturated heterocycles. The molecule has 4 aromatic rings. The fourth-order valence-corrected chi connectivity index (χ4v) is 4.48. The first kappa shape index (κ1) is 25.2. The van der Waals surface area contributed by atoms with Gasteiger partial charge in [0.2, 0.25) is 0 Å². The summed E-state index contributed by atoms with van der Waals surface area (Å²) in [5.41, 5.74) is 5.73. The number of rotatable bonds is 6. The van der Waals surface area contributed by atoms with Gasteiger partial charge >= 0.3 is 6.18 Å². The number of ether oxygens (including phenoxy) is 3. The summed E-state index contributed by atoms with van der Waals surface area (Å²) in [7, 11) is 0. The zero-order chi connectivity index (χ0) is 26.5. The van der Waals surface area contributed by atoms with Gasteiger partial charge in [-0.25, -0.2) is 15.0 Å². The second kappa shape index (κ2) is 9.12. The number of hydrogen-bond donors (Lipinski definition) is 2. The van der Waals surface area contributed by atoms with E-state index in [4.69, 9.17) is 19.9 Å². The van der Waals surface area contributed by atoms with Crippen molar-refractivity contribution in [3.05, 3.63) is 54.6 Å². The van der Waals surface area contributed by atoms with Crippen molar-refractivity contribution in [2.75, 3.05) is 12.3 Å². The van der Waals surface area contributed by atoms with Crippen LogP contribution in [-0.4, -0.2) is 49.2 Å². The summed E-state index contributed by atoms with van der Waals surface area (Å²) in [6, 6.07) is 8.88. The zero-order valence-electron chi connectivity index (χ0n) is 20.3. The minimum absolute atomic E-state index is 0.0875. The van der Waals surface area contributed by atoms with Gasteiger partial charge in [-0.1, -0.05) is 13.0 Å². The third-order valence-corrected chi connectivity index (χ3v) is 6.31. The minimum atomic E-state index is -4.54. The van der Waals surface area contributed by atoms with Crippen molar-refractivity contribution in [3.63, 3.8) is 0 Å². The molecule has 3 aromatic heterocycles. The number of hydrogen-bond acceptors (Lipinski definition) is 8. The number of pyridine rings is 1. The lowest BCUT2D eigenvalue weighted by Gasteiger charge is -2.29. The minimum Gasteiger partial charge on any atom is -0.491 e. The average Bonchev–Trinajstić information content (AvgIpc) is 3.38. The molecule has 0 bridgehead atoms. The number of nitrogen functional groups attached to an aromatic ring is 1. The van der Waals surface area contributed by atoms with Gasteiger partial charge in [0.05, 0.1) is 17.0 Å². The van der Waals surface area contributed by atoms with E-state index in [0.717, 1.165) is 6.07 Å². The van der Waals surface area contributed by atoms with Crippen molar-refractivity contribution in [1.29, 1.82) is 0 Å². The van der Waals surface area contributed by atoms with Crippen LogP contribution in [0, 0.1) is 5.92 Å². The van der Waals surface area contributed by atoms with Crippen LogP contribution < -0.4 is 10.5 Å². The molecule has 4 atom stereocenters. The number of aliphatic hydroxyl groups is 1. The standard InChI is InChI=1S/C25H26F3N5O4/c1-13-18(11-35-15-6-4-14-5-7-19(25(26,27)28)32-17(14)10-15)36-23(20(13)37-24(2,3)34)33-9-8-16-21(29)30-12-31-22(16)33/h4-10,12-13,18,20,23,34H,11H2,1-3H3,(H2,29,30,31)/t13-,18-,20-,23-/m1/s1. The highest BCUT2D eigenvalue weighted by Gasteiger charge is 2.46. The lowest BCUT2D eigenvalue weighted by Crippen LogP contribution is -2.37. The summed E-state index contributed by atoms with van der Waals surface area (Å²) in [5.74, 6) is -0.991. The number of aromatic nitrogens is 4. The van der Waals surface area contributed by atoms with E-state index in [-0.39, 0.29) is 18.0 Å². The average molecular weight is 518 g/mol. The highest BCUT2D eigenvalue weighted by molar-refractivity contribution is 5.86. The van der Waals surface area contributed by atoms with Gasteiger partial charge in [-0.15, -0.1) is 0 Å². The van der Waals surface area contributed by atoms with Crippen molar-refractivity contribution in [1.82, 2.24) is 19.5 Å². The molecular weight excluding hydrogens is 491 g/mol. The molecule has 0 spiro atoms. The molecule has 0 radical (unpaired) electrons. The maximum absolute atomic E-state index is 13.1.